The molecular formula is C17H18F6N2O4. The van der Waals surface area contributed by atoms with E-state index in [-0.39, 0.29) is 0 Å². The highest BCUT2D eigenvalue weighted by molar-refractivity contribution is 5.73. The molecule has 0 spiro atoms. The van der Waals surface area contributed by atoms with Gasteiger partial charge in [0.25, 0.3) is 0 Å². The Labute approximate surface area is 161 Å². The van der Waals surface area contributed by atoms with Crippen LogP contribution in [0.15, 0.2) is 30.7 Å². The van der Waals surface area contributed by atoms with E-state index in [1.54, 1.807) is 6.33 Å². The zero-order valence-corrected chi connectivity index (χ0v) is 15.4. The molecule has 2 aromatic rings. The molecule has 1 aromatic carbocycles. The van der Waals surface area contributed by atoms with E-state index in [0.29, 0.717) is 5.92 Å². The van der Waals surface area contributed by atoms with Gasteiger partial charge in [-0.2, -0.15) is 26.3 Å². The molecule has 162 valence electrons. The van der Waals surface area contributed by atoms with E-state index in [0.717, 1.165) is 5.69 Å². The summed E-state index contributed by atoms with van der Waals surface area (Å²) in [5, 5.41) is 14.2. The minimum absolute atomic E-state index is 0.358. The van der Waals surface area contributed by atoms with Crippen molar-refractivity contribution >= 4 is 11.9 Å². The van der Waals surface area contributed by atoms with Crippen LogP contribution in [0.2, 0.25) is 0 Å². The number of carboxylic acids is 2. The van der Waals surface area contributed by atoms with E-state index in [9.17, 15) is 26.3 Å². The van der Waals surface area contributed by atoms with Gasteiger partial charge in [0.1, 0.15) is 0 Å². The maximum atomic E-state index is 10.6. The van der Waals surface area contributed by atoms with E-state index in [1.165, 1.54) is 16.7 Å². The van der Waals surface area contributed by atoms with Gasteiger partial charge in [-0.3, -0.25) is 0 Å². The van der Waals surface area contributed by atoms with E-state index in [1.807, 2.05) is 6.20 Å². The average Bonchev–Trinajstić information content (AvgIpc) is 3.10. The van der Waals surface area contributed by atoms with Gasteiger partial charge in [-0.05, 0) is 30.5 Å². The summed E-state index contributed by atoms with van der Waals surface area (Å²) in [6.45, 7) is 6.52. The zero-order valence-electron chi connectivity index (χ0n) is 15.4. The first-order valence-electron chi connectivity index (χ1n) is 7.74. The molecule has 29 heavy (non-hydrogen) atoms. The number of carboxylic acid groups (broad SMARTS) is 2. The number of hydrogen-bond acceptors (Lipinski definition) is 3. The van der Waals surface area contributed by atoms with Crippen LogP contribution in [0.25, 0.3) is 0 Å². The number of H-pyrrole nitrogens is 1. The van der Waals surface area contributed by atoms with E-state index < -0.39 is 24.3 Å². The summed E-state index contributed by atoms with van der Waals surface area (Å²) >= 11 is 0. The van der Waals surface area contributed by atoms with Crippen molar-refractivity contribution in [1.29, 1.82) is 0 Å². The third kappa shape index (κ3) is 9.12. The summed E-state index contributed by atoms with van der Waals surface area (Å²) in [7, 11) is 0. The molecule has 1 heterocycles. The maximum Gasteiger partial charge on any atom is 0.490 e. The molecule has 1 aromatic heterocycles. The molecule has 0 saturated carbocycles. The first kappa shape index (κ1) is 26.0. The number of halogens is 6. The normalized spacial score (nSPS) is 12.0. The Balaban J connectivity index is 0.000000473. The summed E-state index contributed by atoms with van der Waals surface area (Å²) in [6, 6.07) is 6.44. The van der Waals surface area contributed by atoms with Crippen molar-refractivity contribution in [2.75, 3.05) is 0 Å². The van der Waals surface area contributed by atoms with Crippen molar-refractivity contribution in [3.05, 3.63) is 53.1 Å². The first-order chi connectivity index (χ1) is 13.1. The summed E-state index contributed by atoms with van der Waals surface area (Å²) in [6.07, 6.45) is -6.47. The highest BCUT2D eigenvalue weighted by Gasteiger charge is 2.38. The molecule has 2 rings (SSSR count). The number of rotatable bonds is 2. The number of nitrogens with one attached hydrogen (secondary N) is 1. The second-order valence-corrected chi connectivity index (χ2v) is 5.61. The monoisotopic (exact) mass is 428 g/mol. The van der Waals surface area contributed by atoms with Gasteiger partial charge in [0, 0.05) is 12.1 Å². The number of aromatic amines is 1. The molecule has 0 aliphatic heterocycles. The highest BCUT2D eigenvalue weighted by atomic mass is 19.4. The summed E-state index contributed by atoms with van der Waals surface area (Å²) in [5.41, 5.74) is 5.17. The molecule has 1 unspecified atom stereocenters. The average molecular weight is 428 g/mol. The van der Waals surface area contributed by atoms with Crippen LogP contribution in [0.1, 0.15) is 35.2 Å². The van der Waals surface area contributed by atoms with Gasteiger partial charge in [-0.1, -0.05) is 25.1 Å². The Hall–Kier alpha value is -3.05. The zero-order chi connectivity index (χ0) is 23.0. The fourth-order valence-electron chi connectivity index (χ4n) is 1.91. The van der Waals surface area contributed by atoms with Crippen molar-refractivity contribution < 1.29 is 46.1 Å². The fourth-order valence-corrected chi connectivity index (χ4v) is 1.91. The minimum Gasteiger partial charge on any atom is -0.475 e. The van der Waals surface area contributed by atoms with E-state index >= 15 is 0 Å². The van der Waals surface area contributed by atoms with Crippen LogP contribution >= 0.6 is 0 Å². The van der Waals surface area contributed by atoms with Crippen LogP contribution < -0.4 is 0 Å². The molecule has 0 aliphatic carbocycles. The van der Waals surface area contributed by atoms with Crippen molar-refractivity contribution in [2.24, 2.45) is 0 Å². The van der Waals surface area contributed by atoms with E-state index in [2.05, 4.69) is 48.9 Å². The molecule has 0 amide bonds. The topological polar surface area (TPSA) is 103 Å². The molecule has 6 nitrogen and oxygen atoms in total. The molecule has 0 aliphatic rings. The highest BCUT2D eigenvalue weighted by Crippen LogP contribution is 2.26. The minimum atomic E-state index is -5.08. The van der Waals surface area contributed by atoms with Crippen LogP contribution in [-0.4, -0.2) is 44.5 Å². The number of carbonyl (C=O) groups is 2. The summed E-state index contributed by atoms with van der Waals surface area (Å²) in [5.74, 6) is -5.16. The third-order valence-electron chi connectivity index (χ3n) is 3.56. The molecular weight excluding hydrogens is 410 g/mol. The number of aliphatic carboxylic acids is 2. The number of aromatic nitrogens is 2. The molecule has 0 radical (unpaired) electrons. The first-order valence-corrected chi connectivity index (χ1v) is 7.74. The summed E-state index contributed by atoms with van der Waals surface area (Å²) < 4.78 is 63.5. The lowest BCUT2D eigenvalue weighted by atomic mass is 9.92. The van der Waals surface area contributed by atoms with Crippen LogP contribution in [0.3, 0.4) is 0 Å². The lowest BCUT2D eigenvalue weighted by Gasteiger charge is -2.14. The van der Waals surface area contributed by atoms with Crippen LogP contribution in [0.4, 0.5) is 26.3 Å². The number of hydrogen-bond donors (Lipinski definition) is 3. The Morgan fingerprint density at radius 1 is 1.00 bits per heavy atom. The van der Waals surface area contributed by atoms with Crippen LogP contribution in [-0.2, 0) is 9.59 Å². The number of imidazole rings is 1. The summed E-state index contributed by atoms with van der Waals surface area (Å²) in [4.78, 5) is 25.1. The van der Waals surface area contributed by atoms with Gasteiger partial charge in [-0.15, -0.1) is 0 Å². The van der Waals surface area contributed by atoms with Crippen molar-refractivity contribution in [3.63, 3.8) is 0 Å². The standard InChI is InChI=1S/C13H16N2.2C2HF3O2/c1-9-5-4-6-12(10(9)2)11(3)13-7-14-8-15-13;2*3-2(4,5)1(6)7/h4-8,11H,1-3H3,(H,14,15);2*(H,6,7). The third-order valence-corrected chi connectivity index (χ3v) is 3.56. The van der Waals surface area contributed by atoms with Gasteiger partial charge in [0.05, 0.1) is 12.0 Å². The SMILES string of the molecule is Cc1cccc(C(C)c2c[nH]cn2)c1C.O=C(O)C(F)(F)F.O=C(O)C(F)(F)F. The smallest absolute Gasteiger partial charge is 0.475 e. The largest absolute Gasteiger partial charge is 0.490 e. The Morgan fingerprint density at radius 3 is 1.79 bits per heavy atom. The number of aryl methyl sites for hydroxylation is 1. The second-order valence-electron chi connectivity index (χ2n) is 5.61. The maximum absolute atomic E-state index is 10.6. The fraction of sp³-hybridized carbons (Fsp3) is 0.353. The molecule has 0 fully saturated rings. The van der Waals surface area contributed by atoms with Gasteiger partial charge in [0.15, 0.2) is 0 Å². The number of benzene rings is 1. The predicted octanol–water partition coefficient (Wildman–Crippen LogP) is 4.44. The lowest BCUT2D eigenvalue weighted by molar-refractivity contribution is -0.193. The Morgan fingerprint density at radius 2 is 1.45 bits per heavy atom. The van der Waals surface area contributed by atoms with Crippen molar-refractivity contribution in [2.45, 2.75) is 39.0 Å². The molecule has 1 atom stereocenters. The van der Waals surface area contributed by atoms with Crippen molar-refractivity contribution in [1.82, 2.24) is 9.97 Å². The van der Waals surface area contributed by atoms with Gasteiger partial charge in [0.2, 0.25) is 0 Å². The number of alkyl halides is 6. The number of nitrogens with zero attached hydrogens (tertiary/aromatic N) is 1. The van der Waals surface area contributed by atoms with Crippen molar-refractivity contribution in [3.8, 4) is 0 Å². The Kier molecular flexibility index (Phi) is 9.38. The van der Waals surface area contributed by atoms with Gasteiger partial charge < -0.3 is 15.2 Å². The molecule has 0 saturated heterocycles. The second kappa shape index (κ2) is 10.5. The quantitative estimate of drug-likeness (QED) is 0.614. The van der Waals surface area contributed by atoms with Crippen LogP contribution in [0.5, 0.6) is 0 Å². The van der Waals surface area contributed by atoms with Crippen LogP contribution in [0, 0.1) is 13.8 Å². The molecule has 0 bridgehead atoms. The van der Waals surface area contributed by atoms with Gasteiger partial charge >= 0.3 is 24.3 Å². The van der Waals surface area contributed by atoms with E-state index in [4.69, 9.17) is 19.8 Å². The predicted molar refractivity (Wildman–Crippen MR) is 89.4 cm³/mol. The lowest BCUT2D eigenvalue weighted by Crippen LogP contribution is -2.21. The Bertz CT molecular complexity index is 777. The molecule has 12 heteroatoms. The molecule has 3 N–H and O–H groups in total. The van der Waals surface area contributed by atoms with Gasteiger partial charge in [-0.25, -0.2) is 14.6 Å².